The SMILES string of the molecule is C=C(C)[C@@H]1CC=C(C)/C(=N/NC(=O)CCC(=O)Nc2ccc(C)c(C)c2)C1. The van der Waals surface area contributed by atoms with Crippen molar-refractivity contribution in [1.82, 2.24) is 5.43 Å². The van der Waals surface area contributed by atoms with E-state index in [2.05, 4.69) is 28.5 Å². The molecule has 2 N–H and O–H groups in total. The van der Waals surface area contributed by atoms with E-state index in [1.165, 1.54) is 5.56 Å². The van der Waals surface area contributed by atoms with Gasteiger partial charge in [-0.15, -0.1) is 0 Å². The predicted octanol–water partition coefficient (Wildman–Crippen LogP) is 4.43. The Bertz CT molecular complexity index is 806. The van der Waals surface area contributed by atoms with Crippen molar-refractivity contribution in [2.45, 2.75) is 53.4 Å². The molecule has 0 bridgehead atoms. The van der Waals surface area contributed by atoms with Gasteiger partial charge in [-0.1, -0.05) is 24.3 Å². The number of anilines is 1. The maximum atomic E-state index is 12.0. The first-order chi connectivity index (χ1) is 12.8. The van der Waals surface area contributed by atoms with Gasteiger partial charge in [0.15, 0.2) is 0 Å². The van der Waals surface area contributed by atoms with E-state index in [-0.39, 0.29) is 24.7 Å². The van der Waals surface area contributed by atoms with Crippen molar-refractivity contribution in [2.75, 3.05) is 5.32 Å². The summed E-state index contributed by atoms with van der Waals surface area (Å²) >= 11 is 0. The summed E-state index contributed by atoms with van der Waals surface area (Å²) in [5.74, 6) is -0.0757. The number of amides is 2. The van der Waals surface area contributed by atoms with Crippen LogP contribution >= 0.6 is 0 Å². The van der Waals surface area contributed by atoms with Crippen LogP contribution in [0.25, 0.3) is 0 Å². The lowest BCUT2D eigenvalue weighted by atomic mass is 9.85. The lowest BCUT2D eigenvalue weighted by Gasteiger charge is -2.22. The third-order valence-corrected chi connectivity index (χ3v) is 4.99. The first-order valence-electron chi connectivity index (χ1n) is 9.31. The minimum atomic E-state index is -0.261. The Kier molecular flexibility index (Phi) is 7.11. The molecule has 0 spiro atoms. The van der Waals surface area contributed by atoms with E-state index >= 15 is 0 Å². The summed E-state index contributed by atoms with van der Waals surface area (Å²) in [5, 5.41) is 7.08. The van der Waals surface area contributed by atoms with Crippen molar-refractivity contribution < 1.29 is 9.59 Å². The topological polar surface area (TPSA) is 70.6 Å². The van der Waals surface area contributed by atoms with Crippen LogP contribution in [0.2, 0.25) is 0 Å². The summed E-state index contributed by atoms with van der Waals surface area (Å²) in [6.45, 7) is 12.0. The number of rotatable bonds is 6. The highest BCUT2D eigenvalue weighted by molar-refractivity contribution is 6.01. The number of nitrogens with zero attached hydrogens (tertiary/aromatic N) is 1. The number of hydrogen-bond acceptors (Lipinski definition) is 3. The van der Waals surface area contributed by atoms with Gasteiger partial charge in [0.1, 0.15) is 0 Å². The average molecular weight is 367 g/mol. The molecule has 0 heterocycles. The van der Waals surface area contributed by atoms with Crippen molar-refractivity contribution in [3.05, 3.63) is 53.1 Å². The lowest BCUT2D eigenvalue weighted by Crippen LogP contribution is -2.24. The van der Waals surface area contributed by atoms with E-state index in [0.29, 0.717) is 5.92 Å². The Balaban J connectivity index is 1.82. The van der Waals surface area contributed by atoms with Crippen LogP contribution in [-0.4, -0.2) is 17.5 Å². The average Bonchev–Trinajstić information content (AvgIpc) is 2.62. The second-order valence-electron chi connectivity index (χ2n) is 7.31. The lowest BCUT2D eigenvalue weighted by molar-refractivity contribution is -0.124. The second kappa shape index (κ2) is 9.31. The molecule has 2 rings (SSSR count). The molecule has 1 aromatic carbocycles. The Hall–Kier alpha value is -2.69. The quantitative estimate of drug-likeness (QED) is 0.577. The molecular weight excluding hydrogens is 338 g/mol. The van der Waals surface area contributed by atoms with Gasteiger partial charge in [-0.3, -0.25) is 9.59 Å². The van der Waals surface area contributed by atoms with E-state index < -0.39 is 0 Å². The number of benzene rings is 1. The molecule has 2 amide bonds. The first kappa shape index (κ1) is 20.6. The minimum absolute atomic E-state index is 0.0974. The molecule has 1 aliphatic carbocycles. The number of carbonyl (C=O) groups excluding carboxylic acids is 2. The van der Waals surface area contributed by atoms with E-state index in [1.54, 1.807) is 0 Å². The molecule has 0 saturated heterocycles. The van der Waals surface area contributed by atoms with Gasteiger partial charge >= 0.3 is 0 Å². The van der Waals surface area contributed by atoms with Crippen LogP contribution in [0.15, 0.2) is 47.1 Å². The maximum Gasteiger partial charge on any atom is 0.240 e. The number of hydrogen-bond donors (Lipinski definition) is 2. The molecule has 5 nitrogen and oxygen atoms in total. The van der Waals surface area contributed by atoms with Crippen LogP contribution in [-0.2, 0) is 9.59 Å². The second-order valence-corrected chi connectivity index (χ2v) is 7.31. The molecule has 1 aliphatic rings. The van der Waals surface area contributed by atoms with Crippen molar-refractivity contribution in [3.63, 3.8) is 0 Å². The monoisotopic (exact) mass is 367 g/mol. The molecule has 0 unspecified atom stereocenters. The summed E-state index contributed by atoms with van der Waals surface area (Å²) in [5.41, 5.74) is 8.70. The van der Waals surface area contributed by atoms with Gasteiger partial charge in [-0.2, -0.15) is 5.10 Å². The highest BCUT2D eigenvalue weighted by Gasteiger charge is 2.18. The van der Waals surface area contributed by atoms with Crippen molar-refractivity contribution in [3.8, 4) is 0 Å². The van der Waals surface area contributed by atoms with Crippen LogP contribution < -0.4 is 10.7 Å². The molecule has 0 radical (unpaired) electrons. The van der Waals surface area contributed by atoms with E-state index in [9.17, 15) is 9.59 Å². The molecule has 0 aromatic heterocycles. The Morgan fingerprint density at radius 3 is 2.52 bits per heavy atom. The fraction of sp³-hybridized carbons (Fsp3) is 0.409. The molecule has 0 aliphatic heterocycles. The number of aryl methyl sites for hydroxylation is 2. The van der Waals surface area contributed by atoms with Gasteiger partial charge in [-0.05, 0) is 75.3 Å². The fourth-order valence-electron chi connectivity index (χ4n) is 2.88. The minimum Gasteiger partial charge on any atom is -0.326 e. The van der Waals surface area contributed by atoms with Gasteiger partial charge in [0, 0.05) is 18.5 Å². The molecular formula is C22H29N3O2. The molecule has 144 valence electrons. The molecule has 0 fully saturated rings. The van der Waals surface area contributed by atoms with Crippen LogP contribution in [0.4, 0.5) is 5.69 Å². The molecule has 27 heavy (non-hydrogen) atoms. The number of hydrazone groups is 1. The van der Waals surface area contributed by atoms with Crippen molar-refractivity contribution >= 4 is 23.2 Å². The van der Waals surface area contributed by atoms with Gasteiger partial charge in [0.25, 0.3) is 0 Å². The fourth-order valence-corrected chi connectivity index (χ4v) is 2.88. The molecule has 5 heteroatoms. The molecule has 1 aromatic rings. The van der Waals surface area contributed by atoms with Crippen LogP contribution in [0.3, 0.4) is 0 Å². The highest BCUT2D eigenvalue weighted by Crippen LogP contribution is 2.26. The van der Waals surface area contributed by atoms with Crippen molar-refractivity contribution in [2.24, 2.45) is 11.0 Å². The Labute approximate surface area is 161 Å². The van der Waals surface area contributed by atoms with E-state index in [0.717, 1.165) is 41.0 Å². The Morgan fingerprint density at radius 1 is 1.15 bits per heavy atom. The predicted molar refractivity (Wildman–Crippen MR) is 111 cm³/mol. The Morgan fingerprint density at radius 2 is 1.85 bits per heavy atom. The maximum absolute atomic E-state index is 12.0. The van der Waals surface area contributed by atoms with Crippen molar-refractivity contribution in [1.29, 1.82) is 0 Å². The highest BCUT2D eigenvalue weighted by atomic mass is 16.2. The standard InChI is InChI=1S/C22H29N3O2/c1-14(2)18-8-6-16(4)20(13-18)24-25-22(27)11-10-21(26)23-19-9-7-15(3)17(5)12-19/h6-7,9,12,18H,1,8,10-11,13H2,2-5H3,(H,23,26)(H,25,27)/b24-20+/t18-/m1/s1. The first-order valence-corrected chi connectivity index (χ1v) is 9.31. The smallest absolute Gasteiger partial charge is 0.240 e. The number of allylic oxidation sites excluding steroid dienone is 3. The van der Waals surface area contributed by atoms with Gasteiger partial charge in [0.2, 0.25) is 11.8 Å². The largest absolute Gasteiger partial charge is 0.326 e. The summed E-state index contributed by atoms with van der Waals surface area (Å²) in [6, 6.07) is 5.75. The summed E-state index contributed by atoms with van der Waals surface area (Å²) in [4.78, 5) is 24.1. The third-order valence-electron chi connectivity index (χ3n) is 4.99. The van der Waals surface area contributed by atoms with Gasteiger partial charge < -0.3 is 5.32 Å². The zero-order valence-corrected chi connectivity index (χ0v) is 16.7. The van der Waals surface area contributed by atoms with Crippen LogP contribution in [0, 0.1) is 19.8 Å². The number of carbonyl (C=O) groups is 2. The summed E-state index contributed by atoms with van der Waals surface area (Å²) in [6.07, 6.45) is 4.09. The van der Waals surface area contributed by atoms with Crippen LogP contribution in [0.1, 0.15) is 50.7 Å². The third kappa shape index (κ3) is 6.20. The zero-order valence-electron chi connectivity index (χ0n) is 16.7. The zero-order chi connectivity index (χ0) is 20.0. The summed E-state index contributed by atoms with van der Waals surface area (Å²) < 4.78 is 0. The summed E-state index contributed by atoms with van der Waals surface area (Å²) in [7, 11) is 0. The normalized spacial score (nSPS) is 18.0. The molecule has 1 atom stereocenters. The number of nitrogens with one attached hydrogen (secondary N) is 2. The van der Waals surface area contributed by atoms with E-state index in [1.807, 2.05) is 45.9 Å². The van der Waals surface area contributed by atoms with Gasteiger partial charge in [0.05, 0.1) is 5.71 Å². The van der Waals surface area contributed by atoms with Gasteiger partial charge in [-0.25, -0.2) is 5.43 Å². The van der Waals surface area contributed by atoms with E-state index in [4.69, 9.17) is 0 Å². The molecule has 0 saturated carbocycles. The van der Waals surface area contributed by atoms with Crippen LogP contribution in [0.5, 0.6) is 0 Å².